The minimum Gasteiger partial charge on any atom is -0.303 e. The Morgan fingerprint density at radius 3 is 0.941 bits per heavy atom. The summed E-state index contributed by atoms with van der Waals surface area (Å²) < 4.78 is 27.1. The highest BCUT2D eigenvalue weighted by Crippen LogP contribution is 2.25. The summed E-state index contributed by atoms with van der Waals surface area (Å²) in [6, 6.07) is 0. The highest BCUT2D eigenvalue weighted by molar-refractivity contribution is 7.45. The van der Waals surface area contributed by atoms with Gasteiger partial charge in [-0.15, -0.1) is 19.7 Å². The van der Waals surface area contributed by atoms with E-state index in [1.54, 1.807) is 18.2 Å². The van der Waals surface area contributed by atoms with Gasteiger partial charge in [0.05, 0.1) is 0 Å². The standard InChI is InChI=1S/3C3H6.F2O.H3O4P/c4*1-3-2;1-5(2,3)4/h3*3H,1H2,2H3;;(H3,1,2,3,4). The van der Waals surface area contributed by atoms with Gasteiger partial charge in [0.25, 0.3) is 0 Å². The van der Waals surface area contributed by atoms with Crippen LogP contribution in [0.15, 0.2) is 38.0 Å². The monoisotopic (exact) mass is 278 g/mol. The maximum atomic E-state index is 9.12. The fourth-order valence-corrected chi connectivity index (χ4v) is 0. The van der Waals surface area contributed by atoms with Crippen molar-refractivity contribution in [1.82, 2.24) is 0 Å². The van der Waals surface area contributed by atoms with Gasteiger partial charge in [0.1, 0.15) is 0 Å². The van der Waals surface area contributed by atoms with Crippen LogP contribution >= 0.6 is 7.82 Å². The van der Waals surface area contributed by atoms with Gasteiger partial charge in [-0.2, -0.15) is 0 Å². The molecule has 0 aromatic heterocycles. The van der Waals surface area contributed by atoms with E-state index in [9.17, 15) is 0 Å². The predicted octanol–water partition coefficient (Wildman–Crippen LogP) is 3.42. The Bertz CT molecular complexity index is 160. The van der Waals surface area contributed by atoms with Crippen LogP contribution in [0.25, 0.3) is 0 Å². The molecule has 0 amide bonds. The molecule has 0 bridgehead atoms. The summed E-state index contributed by atoms with van der Waals surface area (Å²) in [5.41, 5.74) is 0. The van der Waals surface area contributed by atoms with E-state index in [-0.39, 0.29) is 0 Å². The molecule has 3 N–H and O–H groups in total. The van der Waals surface area contributed by atoms with E-state index in [0.717, 1.165) is 0 Å². The van der Waals surface area contributed by atoms with Crippen LogP contribution in [0.4, 0.5) is 9.05 Å². The first-order valence-corrected chi connectivity index (χ1v) is 5.61. The molecule has 0 fully saturated rings. The zero-order valence-electron chi connectivity index (χ0n) is 10.2. The molecule has 0 aliphatic carbocycles. The van der Waals surface area contributed by atoms with E-state index >= 15 is 0 Å². The molecule has 0 atom stereocenters. The van der Waals surface area contributed by atoms with Crippen molar-refractivity contribution < 1.29 is 33.4 Å². The molecule has 0 aromatic rings. The molecule has 0 radical (unpaired) electrons. The largest absolute Gasteiger partial charge is 0.466 e. The second-order valence-corrected chi connectivity index (χ2v) is 2.82. The number of allylic oxidation sites excluding steroid dienone is 3. The second-order valence-electron chi connectivity index (χ2n) is 1.80. The maximum absolute atomic E-state index is 9.12. The van der Waals surface area contributed by atoms with Crippen molar-refractivity contribution in [3.63, 3.8) is 0 Å². The fourth-order valence-electron chi connectivity index (χ4n) is 0. The van der Waals surface area contributed by atoms with Gasteiger partial charge in [-0.25, -0.2) is 4.57 Å². The Hall–Kier alpha value is -0.850. The summed E-state index contributed by atoms with van der Waals surface area (Å²) in [5, 5.41) is 1.25. The first kappa shape index (κ1) is 29.8. The highest BCUT2D eigenvalue weighted by Gasteiger charge is 2.00. The number of phosphoric acid groups is 1. The number of hydrogen-bond acceptors (Lipinski definition) is 2. The highest BCUT2D eigenvalue weighted by atomic mass is 31.2. The van der Waals surface area contributed by atoms with Gasteiger partial charge < -0.3 is 14.7 Å². The van der Waals surface area contributed by atoms with Gasteiger partial charge in [-0.3, -0.25) is 0 Å². The average molecular weight is 278 g/mol. The van der Waals surface area contributed by atoms with E-state index in [2.05, 4.69) is 19.7 Å². The first-order chi connectivity index (χ1) is 7.66. The van der Waals surface area contributed by atoms with E-state index in [4.69, 9.17) is 28.3 Å². The third kappa shape index (κ3) is 3630. The number of hydrogen-bond donors (Lipinski definition) is 3. The van der Waals surface area contributed by atoms with Crippen LogP contribution in [0.5, 0.6) is 0 Å². The summed E-state index contributed by atoms with van der Waals surface area (Å²) in [4.78, 5) is 21.6. The Labute approximate surface area is 101 Å². The molecule has 106 valence electrons. The van der Waals surface area contributed by atoms with E-state index in [1.165, 1.54) is 5.15 Å². The van der Waals surface area contributed by atoms with E-state index in [1.807, 2.05) is 20.8 Å². The van der Waals surface area contributed by atoms with Crippen LogP contribution in [0.3, 0.4) is 0 Å². The molecular formula is C9H21F2O5P. The molecule has 0 rings (SSSR count). The normalized spacial score (nSPS) is 6.82. The topological polar surface area (TPSA) is 87.0 Å². The molecule has 17 heavy (non-hydrogen) atoms. The summed E-state index contributed by atoms with van der Waals surface area (Å²) in [6.45, 7) is 15.8. The Morgan fingerprint density at radius 1 is 0.941 bits per heavy atom. The van der Waals surface area contributed by atoms with Crippen LogP contribution in [0.1, 0.15) is 20.8 Å². The molecule has 8 heteroatoms. The maximum Gasteiger partial charge on any atom is 0.466 e. The van der Waals surface area contributed by atoms with E-state index < -0.39 is 7.82 Å². The summed E-state index contributed by atoms with van der Waals surface area (Å²) >= 11 is 0. The Morgan fingerprint density at radius 2 is 0.941 bits per heavy atom. The van der Waals surface area contributed by atoms with Gasteiger partial charge in [-0.1, -0.05) is 18.2 Å². The molecule has 0 saturated carbocycles. The average Bonchev–Trinajstić information content (AvgIpc) is 2.04. The number of halogens is 2. The predicted molar refractivity (Wildman–Crippen MR) is 65.2 cm³/mol. The van der Waals surface area contributed by atoms with Gasteiger partial charge in [0, 0.05) is 5.15 Å². The molecular weight excluding hydrogens is 257 g/mol. The van der Waals surface area contributed by atoms with Crippen molar-refractivity contribution in [2.75, 3.05) is 0 Å². The van der Waals surface area contributed by atoms with Gasteiger partial charge in [-0.05, 0) is 29.8 Å². The Balaban J connectivity index is -0.0000000362. The lowest BCUT2D eigenvalue weighted by molar-refractivity contribution is -0.317. The quantitative estimate of drug-likeness (QED) is 0.467. The fraction of sp³-hybridized carbons (Fsp3) is 0.333. The van der Waals surface area contributed by atoms with Crippen LogP contribution in [-0.4, -0.2) is 14.7 Å². The van der Waals surface area contributed by atoms with Gasteiger partial charge in [0.2, 0.25) is 0 Å². The third-order valence-corrected chi connectivity index (χ3v) is 0. The molecule has 0 aliphatic heterocycles. The lowest BCUT2D eigenvalue weighted by Crippen LogP contribution is -1.66. The molecule has 0 aliphatic rings. The van der Waals surface area contributed by atoms with Crippen LogP contribution < -0.4 is 0 Å². The van der Waals surface area contributed by atoms with Gasteiger partial charge in [0.15, 0.2) is 0 Å². The zero-order chi connectivity index (χ0) is 15.3. The lowest BCUT2D eigenvalue weighted by atomic mass is 10.8. The van der Waals surface area contributed by atoms with Crippen LogP contribution in [0, 0.1) is 0 Å². The summed E-state index contributed by atoms with van der Waals surface area (Å²) in [5.74, 6) is 0. The van der Waals surface area contributed by atoms with Crippen LogP contribution in [-0.2, 0) is 9.71 Å². The van der Waals surface area contributed by atoms with Crippen molar-refractivity contribution in [3.8, 4) is 0 Å². The lowest BCUT2D eigenvalue weighted by Gasteiger charge is -1.82. The summed E-state index contributed by atoms with van der Waals surface area (Å²) in [7, 11) is -4.64. The molecule has 0 aromatic carbocycles. The SMILES string of the molecule is C=CC.C=CC.C=CC.FOF.O=P(O)(O)O. The second kappa shape index (κ2) is 36.2. The van der Waals surface area contributed by atoms with Crippen LogP contribution in [0.2, 0.25) is 0 Å². The molecule has 0 heterocycles. The Kier molecular flexibility index (Phi) is 63.5. The summed E-state index contributed by atoms with van der Waals surface area (Å²) in [6.07, 6.45) is 5.25. The van der Waals surface area contributed by atoms with Crippen molar-refractivity contribution in [3.05, 3.63) is 38.0 Å². The minimum absolute atomic E-state index is 1.25. The first-order valence-electron chi connectivity index (χ1n) is 4.05. The molecule has 0 unspecified atom stereocenters. The molecule has 0 spiro atoms. The van der Waals surface area contributed by atoms with Gasteiger partial charge >= 0.3 is 7.82 Å². The molecule has 5 nitrogen and oxygen atoms in total. The smallest absolute Gasteiger partial charge is 0.303 e. The third-order valence-electron chi connectivity index (χ3n) is 0. The van der Waals surface area contributed by atoms with Crippen molar-refractivity contribution in [2.24, 2.45) is 0 Å². The molecule has 0 saturated heterocycles. The van der Waals surface area contributed by atoms with E-state index in [0.29, 0.717) is 0 Å². The van der Waals surface area contributed by atoms with Crippen molar-refractivity contribution >= 4 is 7.82 Å². The van der Waals surface area contributed by atoms with Crippen molar-refractivity contribution in [2.45, 2.75) is 20.8 Å². The van der Waals surface area contributed by atoms with Crippen molar-refractivity contribution in [1.29, 1.82) is 0 Å². The minimum atomic E-state index is -4.64. The number of rotatable bonds is 0. The zero-order valence-corrected chi connectivity index (χ0v) is 11.1.